The first kappa shape index (κ1) is 17.5. The summed E-state index contributed by atoms with van der Waals surface area (Å²) in [7, 11) is -3.99. The summed E-state index contributed by atoms with van der Waals surface area (Å²) >= 11 is 0. The number of nitrogens with zero attached hydrogens (tertiary/aromatic N) is 3. The van der Waals surface area contributed by atoms with Crippen molar-refractivity contribution >= 4 is 32.4 Å². The molecule has 0 aliphatic carbocycles. The Bertz CT molecular complexity index is 1100. The van der Waals surface area contributed by atoms with Gasteiger partial charge in [0.25, 0.3) is 10.0 Å². The van der Waals surface area contributed by atoms with Gasteiger partial charge in [-0.1, -0.05) is 30.3 Å². The summed E-state index contributed by atoms with van der Waals surface area (Å²) in [5.41, 5.74) is 0.181. The fraction of sp³-hybridized carbons (Fsp3) is 0.263. The maximum atomic E-state index is 13.5. The molecule has 0 saturated carbocycles. The van der Waals surface area contributed by atoms with E-state index >= 15 is 0 Å². The fourth-order valence-electron chi connectivity index (χ4n) is 3.69. The monoisotopic (exact) mass is 385 g/mol. The Labute approximate surface area is 157 Å². The Morgan fingerprint density at radius 2 is 1.52 bits per heavy atom. The van der Waals surface area contributed by atoms with Gasteiger partial charge in [0.05, 0.1) is 20.7 Å². The molecule has 0 spiro atoms. The molecule has 0 unspecified atom stereocenters. The van der Waals surface area contributed by atoms with Crippen LogP contribution in [0, 0.1) is 10.1 Å². The van der Waals surface area contributed by atoms with E-state index in [9.17, 15) is 18.5 Å². The Kier molecular flexibility index (Phi) is 4.35. The molecule has 0 radical (unpaired) electrons. The Balaban J connectivity index is 2.09. The number of aromatic nitrogens is 1. The van der Waals surface area contributed by atoms with Crippen LogP contribution >= 0.6 is 0 Å². The molecule has 0 N–H and O–H groups in total. The van der Waals surface area contributed by atoms with Crippen LogP contribution in [0.25, 0.3) is 10.9 Å². The lowest BCUT2D eigenvalue weighted by Gasteiger charge is -2.28. The minimum atomic E-state index is -3.99. The lowest BCUT2D eigenvalue weighted by molar-refractivity contribution is -0.382. The quantitative estimate of drug-likeness (QED) is 0.504. The molecule has 1 aliphatic rings. The molecule has 140 valence electrons. The van der Waals surface area contributed by atoms with Crippen molar-refractivity contribution in [3.05, 3.63) is 64.7 Å². The van der Waals surface area contributed by atoms with Crippen molar-refractivity contribution in [2.24, 2.45) is 0 Å². The van der Waals surface area contributed by atoms with Gasteiger partial charge in [-0.2, -0.15) is 0 Å². The normalized spacial score (nSPS) is 15.2. The van der Waals surface area contributed by atoms with E-state index in [1.807, 2.05) is 4.90 Å². The van der Waals surface area contributed by atoms with Crippen LogP contribution in [0.3, 0.4) is 0 Å². The van der Waals surface area contributed by atoms with Gasteiger partial charge in [0, 0.05) is 13.1 Å². The number of fused-ring (bicyclic) bond motifs is 1. The van der Waals surface area contributed by atoms with Gasteiger partial charge in [-0.25, -0.2) is 12.4 Å². The molecule has 2 aromatic carbocycles. The fourth-order valence-corrected chi connectivity index (χ4v) is 5.25. The zero-order chi connectivity index (χ0) is 19.0. The highest BCUT2D eigenvalue weighted by Crippen LogP contribution is 2.42. The molecule has 1 aliphatic heterocycles. The summed E-state index contributed by atoms with van der Waals surface area (Å²) in [5, 5.41) is 12.3. The zero-order valence-corrected chi connectivity index (χ0v) is 15.4. The summed E-state index contributed by atoms with van der Waals surface area (Å²) in [6.45, 7) is 1.20. The first-order valence-electron chi connectivity index (χ1n) is 8.85. The standard InChI is InChI=1S/C19H19N3O4S/c23-22(24)18-16-11-5-6-12-17(16)21(19(18)20-13-7-2-8-14-20)27(25,26)15-9-3-1-4-10-15/h1,3-6,9-12H,2,7-8,13-14H2. The van der Waals surface area contributed by atoms with Crippen LogP contribution in [0.15, 0.2) is 59.5 Å². The van der Waals surface area contributed by atoms with Crippen LogP contribution in [0.1, 0.15) is 19.3 Å². The number of piperidine rings is 1. The Morgan fingerprint density at radius 1 is 0.889 bits per heavy atom. The van der Waals surface area contributed by atoms with Gasteiger partial charge < -0.3 is 4.90 Å². The summed E-state index contributed by atoms with van der Waals surface area (Å²) in [6, 6.07) is 14.7. The van der Waals surface area contributed by atoms with Crippen LogP contribution in [-0.4, -0.2) is 30.4 Å². The third kappa shape index (κ3) is 2.86. The Hall–Kier alpha value is -2.87. The predicted octanol–water partition coefficient (Wildman–Crippen LogP) is 3.78. The van der Waals surface area contributed by atoms with Crippen LogP contribution < -0.4 is 4.90 Å². The second-order valence-corrected chi connectivity index (χ2v) is 8.36. The lowest BCUT2D eigenvalue weighted by Crippen LogP contribution is -2.33. The van der Waals surface area contributed by atoms with Crippen LogP contribution in [-0.2, 0) is 10.0 Å². The number of benzene rings is 2. The maximum absolute atomic E-state index is 13.5. The number of hydrogen-bond acceptors (Lipinski definition) is 5. The van der Waals surface area contributed by atoms with Gasteiger partial charge in [0.1, 0.15) is 0 Å². The molecule has 0 atom stereocenters. The van der Waals surface area contributed by atoms with Crippen LogP contribution in [0.4, 0.5) is 11.5 Å². The molecule has 1 saturated heterocycles. The van der Waals surface area contributed by atoms with E-state index in [1.165, 1.54) is 12.1 Å². The van der Waals surface area contributed by atoms with E-state index in [1.54, 1.807) is 42.5 Å². The highest BCUT2D eigenvalue weighted by molar-refractivity contribution is 7.90. The molecular weight excluding hydrogens is 366 g/mol. The van der Waals surface area contributed by atoms with Gasteiger partial charge in [0.2, 0.25) is 5.82 Å². The van der Waals surface area contributed by atoms with E-state index in [0.717, 1.165) is 23.2 Å². The SMILES string of the molecule is O=[N+]([O-])c1c(N2CCCCC2)n(S(=O)(=O)c2ccccc2)c2ccccc12. The molecular formula is C19H19N3O4S. The van der Waals surface area contributed by atoms with E-state index in [-0.39, 0.29) is 16.4 Å². The molecule has 1 fully saturated rings. The maximum Gasteiger partial charge on any atom is 0.320 e. The molecule has 0 bridgehead atoms. The van der Waals surface area contributed by atoms with Crippen LogP contribution in [0.5, 0.6) is 0 Å². The molecule has 27 heavy (non-hydrogen) atoms. The van der Waals surface area contributed by atoms with Crippen molar-refractivity contribution in [3.63, 3.8) is 0 Å². The highest BCUT2D eigenvalue weighted by atomic mass is 32.2. The summed E-state index contributed by atoms with van der Waals surface area (Å²) in [5.74, 6) is 0.157. The van der Waals surface area contributed by atoms with E-state index in [0.29, 0.717) is 24.0 Å². The summed E-state index contributed by atoms with van der Waals surface area (Å²) < 4.78 is 28.1. The van der Waals surface area contributed by atoms with Gasteiger partial charge in [-0.05, 0) is 43.5 Å². The molecule has 8 heteroatoms. The minimum Gasteiger partial charge on any atom is -0.351 e. The number of para-hydroxylation sites is 1. The van der Waals surface area contributed by atoms with Crippen molar-refractivity contribution in [2.75, 3.05) is 18.0 Å². The number of hydrogen-bond donors (Lipinski definition) is 0. The minimum absolute atomic E-state index is 0.110. The van der Waals surface area contributed by atoms with Crippen molar-refractivity contribution in [1.29, 1.82) is 0 Å². The number of rotatable bonds is 4. The third-order valence-corrected chi connectivity index (χ3v) is 6.62. The van der Waals surface area contributed by atoms with Gasteiger partial charge >= 0.3 is 5.69 Å². The number of nitro groups is 1. The summed E-state index contributed by atoms with van der Waals surface area (Å²) in [4.78, 5) is 13.4. The number of anilines is 1. The van der Waals surface area contributed by atoms with Gasteiger partial charge in [-0.15, -0.1) is 0 Å². The average Bonchev–Trinajstić information content (AvgIpc) is 3.05. The molecule has 1 aromatic heterocycles. The molecule has 3 aromatic rings. The van der Waals surface area contributed by atoms with Gasteiger partial charge in [-0.3, -0.25) is 10.1 Å². The first-order valence-corrected chi connectivity index (χ1v) is 10.3. The predicted molar refractivity (Wildman–Crippen MR) is 104 cm³/mol. The molecule has 7 nitrogen and oxygen atoms in total. The average molecular weight is 385 g/mol. The summed E-state index contributed by atoms with van der Waals surface area (Å²) in [6.07, 6.45) is 2.80. The molecule has 4 rings (SSSR count). The first-order chi connectivity index (χ1) is 13.0. The molecule has 2 heterocycles. The van der Waals surface area contributed by atoms with Crippen molar-refractivity contribution < 1.29 is 13.3 Å². The Morgan fingerprint density at radius 3 is 2.19 bits per heavy atom. The van der Waals surface area contributed by atoms with E-state index < -0.39 is 14.9 Å². The lowest BCUT2D eigenvalue weighted by atomic mass is 10.1. The zero-order valence-electron chi connectivity index (χ0n) is 14.6. The second-order valence-electron chi connectivity index (χ2n) is 6.58. The third-order valence-electron chi connectivity index (χ3n) is 4.90. The molecule has 0 amide bonds. The largest absolute Gasteiger partial charge is 0.351 e. The van der Waals surface area contributed by atoms with Crippen molar-refractivity contribution in [3.8, 4) is 0 Å². The smallest absolute Gasteiger partial charge is 0.320 e. The van der Waals surface area contributed by atoms with E-state index in [2.05, 4.69) is 0 Å². The van der Waals surface area contributed by atoms with E-state index in [4.69, 9.17) is 0 Å². The van der Waals surface area contributed by atoms with Gasteiger partial charge in [0.15, 0.2) is 0 Å². The topological polar surface area (TPSA) is 85.4 Å². The van der Waals surface area contributed by atoms with Crippen LogP contribution in [0.2, 0.25) is 0 Å². The van der Waals surface area contributed by atoms with Crippen molar-refractivity contribution in [2.45, 2.75) is 24.2 Å². The van der Waals surface area contributed by atoms with Crippen molar-refractivity contribution in [1.82, 2.24) is 3.97 Å². The second kappa shape index (κ2) is 6.70. The highest BCUT2D eigenvalue weighted by Gasteiger charge is 2.36.